The zero-order valence-electron chi connectivity index (χ0n) is 13.1. The number of aromatic nitrogens is 2. The summed E-state index contributed by atoms with van der Waals surface area (Å²) in [6.45, 7) is 3.55. The molecular formula is C15H15N3O6. The molecule has 0 unspecified atom stereocenters. The van der Waals surface area contributed by atoms with Crippen LogP contribution in [0.4, 0.5) is 5.69 Å². The standard InChI is InChI=1S/C15H15N3O6/c1-3-23-14(19)9-5-6-16-8-10(9)13-12(18(21)22)7-11(17-13)15(20)24-4-2/h5-8,17H,3-4H2,1-2H3. The van der Waals surface area contributed by atoms with Crippen molar-refractivity contribution in [2.45, 2.75) is 13.8 Å². The third-order valence-electron chi connectivity index (χ3n) is 3.07. The quantitative estimate of drug-likeness (QED) is 0.488. The van der Waals surface area contributed by atoms with Gasteiger partial charge in [-0.2, -0.15) is 0 Å². The maximum atomic E-state index is 12.0. The Morgan fingerprint density at radius 3 is 2.54 bits per heavy atom. The van der Waals surface area contributed by atoms with Gasteiger partial charge in [0.25, 0.3) is 5.69 Å². The van der Waals surface area contributed by atoms with Crippen molar-refractivity contribution in [1.29, 1.82) is 0 Å². The molecule has 0 aliphatic heterocycles. The number of ether oxygens (including phenoxy) is 2. The van der Waals surface area contributed by atoms with Crippen molar-refractivity contribution >= 4 is 17.6 Å². The number of hydrogen-bond donors (Lipinski definition) is 1. The fourth-order valence-corrected chi connectivity index (χ4v) is 2.09. The van der Waals surface area contributed by atoms with Crippen LogP contribution in [0.15, 0.2) is 24.5 Å². The number of carbonyl (C=O) groups excluding carboxylic acids is 2. The van der Waals surface area contributed by atoms with Gasteiger partial charge in [0.05, 0.1) is 23.7 Å². The Labute approximate surface area is 136 Å². The second-order valence-corrected chi connectivity index (χ2v) is 4.56. The minimum atomic E-state index is -0.728. The van der Waals surface area contributed by atoms with Crippen LogP contribution >= 0.6 is 0 Å². The number of H-pyrrole nitrogens is 1. The van der Waals surface area contributed by atoms with E-state index in [4.69, 9.17) is 9.47 Å². The van der Waals surface area contributed by atoms with E-state index in [2.05, 4.69) is 9.97 Å². The van der Waals surface area contributed by atoms with Crippen LogP contribution in [0, 0.1) is 10.1 Å². The van der Waals surface area contributed by atoms with E-state index in [0.717, 1.165) is 6.07 Å². The minimum absolute atomic E-state index is 0.0146. The van der Waals surface area contributed by atoms with E-state index in [0.29, 0.717) is 0 Å². The fourth-order valence-electron chi connectivity index (χ4n) is 2.09. The van der Waals surface area contributed by atoms with E-state index < -0.39 is 16.9 Å². The molecule has 2 heterocycles. The molecule has 126 valence electrons. The molecule has 2 aromatic rings. The van der Waals surface area contributed by atoms with E-state index >= 15 is 0 Å². The summed E-state index contributed by atoms with van der Waals surface area (Å²) in [6, 6.07) is 2.46. The molecule has 0 spiro atoms. The van der Waals surface area contributed by atoms with E-state index in [9.17, 15) is 19.7 Å². The van der Waals surface area contributed by atoms with Crippen molar-refractivity contribution < 1.29 is 24.0 Å². The average molecular weight is 333 g/mol. The molecule has 0 radical (unpaired) electrons. The summed E-state index contributed by atoms with van der Waals surface area (Å²) in [4.78, 5) is 41.0. The van der Waals surface area contributed by atoms with Crippen LogP contribution in [-0.2, 0) is 9.47 Å². The first-order valence-corrected chi connectivity index (χ1v) is 7.15. The van der Waals surface area contributed by atoms with Gasteiger partial charge in [-0.05, 0) is 19.9 Å². The van der Waals surface area contributed by atoms with Gasteiger partial charge in [0.2, 0.25) is 0 Å². The van der Waals surface area contributed by atoms with E-state index in [1.54, 1.807) is 13.8 Å². The van der Waals surface area contributed by atoms with Gasteiger partial charge in [-0.25, -0.2) is 9.59 Å². The molecule has 0 aliphatic carbocycles. The lowest BCUT2D eigenvalue weighted by Crippen LogP contribution is -2.08. The number of hydrogen-bond acceptors (Lipinski definition) is 7. The van der Waals surface area contributed by atoms with Crippen LogP contribution in [0.5, 0.6) is 0 Å². The molecule has 0 aliphatic rings. The summed E-state index contributed by atoms with van der Waals surface area (Å²) in [6.07, 6.45) is 2.66. The number of nitrogens with one attached hydrogen (secondary N) is 1. The van der Waals surface area contributed by atoms with Gasteiger partial charge >= 0.3 is 11.9 Å². The molecule has 0 fully saturated rings. The number of pyridine rings is 1. The number of carbonyl (C=O) groups is 2. The molecule has 0 amide bonds. The van der Waals surface area contributed by atoms with Crippen molar-refractivity contribution in [2.75, 3.05) is 13.2 Å². The topological polar surface area (TPSA) is 124 Å². The third-order valence-corrected chi connectivity index (χ3v) is 3.07. The highest BCUT2D eigenvalue weighted by Crippen LogP contribution is 2.32. The molecule has 0 atom stereocenters. The third kappa shape index (κ3) is 3.40. The van der Waals surface area contributed by atoms with Crippen LogP contribution in [0.2, 0.25) is 0 Å². The summed E-state index contributed by atoms with van der Waals surface area (Å²) < 4.78 is 9.77. The lowest BCUT2D eigenvalue weighted by Gasteiger charge is -2.06. The molecule has 0 bridgehead atoms. The van der Waals surface area contributed by atoms with Crippen LogP contribution in [0.3, 0.4) is 0 Å². The first-order chi connectivity index (χ1) is 11.5. The van der Waals surface area contributed by atoms with E-state index in [1.807, 2.05) is 0 Å². The average Bonchev–Trinajstić information content (AvgIpc) is 3.01. The van der Waals surface area contributed by atoms with Crippen LogP contribution in [-0.4, -0.2) is 40.0 Å². The Morgan fingerprint density at radius 1 is 1.25 bits per heavy atom. The second kappa shape index (κ2) is 7.36. The molecule has 1 N–H and O–H groups in total. The predicted octanol–water partition coefficient (Wildman–Crippen LogP) is 2.34. The number of aromatic amines is 1. The van der Waals surface area contributed by atoms with Crippen LogP contribution in [0.1, 0.15) is 34.7 Å². The Balaban J connectivity index is 2.58. The molecule has 9 nitrogen and oxygen atoms in total. The summed E-state index contributed by atoms with van der Waals surface area (Å²) in [5.41, 5.74) is -0.196. The van der Waals surface area contributed by atoms with Crippen molar-refractivity contribution in [3.63, 3.8) is 0 Å². The maximum Gasteiger partial charge on any atom is 0.355 e. The second-order valence-electron chi connectivity index (χ2n) is 4.56. The number of esters is 2. The smallest absolute Gasteiger partial charge is 0.355 e. The Morgan fingerprint density at radius 2 is 1.92 bits per heavy atom. The minimum Gasteiger partial charge on any atom is -0.462 e. The summed E-state index contributed by atoms with van der Waals surface area (Å²) in [7, 11) is 0. The van der Waals surface area contributed by atoms with Crippen molar-refractivity contribution in [3.05, 3.63) is 45.9 Å². The number of rotatable bonds is 6. The normalized spacial score (nSPS) is 10.2. The van der Waals surface area contributed by atoms with Gasteiger partial charge in [0.1, 0.15) is 11.4 Å². The molecule has 0 aromatic carbocycles. The molecule has 0 saturated carbocycles. The van der Waals surface area contributed by atoms with Gasteiger partial charge < -0.3 is 14.5 Å². The Bertz CT molecular complexity index is 783. The van der Waals surface area contributed by atoms with Gasteiger partial charge in [0.15, 0.2) is 0 Å². The monoisotopic (exact) mass is 333 g/mol. The van der Waals surface area contributed by atoms with Crippen LogP contribution in [0.25, 0.3) is 11.3 Å². The summed E-state index contributed by atoms with van der Waals surface area (Å²) in [5.74, 6) is -1.37. The maximum absolute atomic E-state index is 12.0. The van der Waals surface area contributed by atoms with Gasteiger partial charge in [-0.15, -0.1) is 0 Å². The van der Waals surface area contributed by atoms with Gasteiger partial charge in [0, 0.05) is 24.0 Å². The van der Waals surface area contributed by atoms with Crippen molar-refractivity contribution in [2.24, 2.45) is 0 Å². The van der Waals surface area contributed by atoms with Gasteiger partial charge in [-0.1, -0.05) is 0 Å². The number of nitrogens with zero attached hydrogens (tertiary/aromatic N) is 2. The van der Waals surface area contributed by atoms with E-state index in [1.165, 1.54) is 18.5 Å². The highest BCUT2D eigenvalue weighted by atomic mass is 16.6. The predicted molar refractivity (Wildman–Crippen MR) is 82.6 cm³/mol. The lowest BCUT2D eigenvalue weighted by molar-refractivity contribution is -0.384. The first kappa shape index (κ1) is 17.1. The highest BCUT2D eigenvalue weighted by molar-refractivity contribution is 5.99. The first-order valence-electron chi connectivity index (χ1n) is 7.15. The highest BCUT2D eigenvalue weighted by Gasteiger charge is 2.27. The molecule has 9 heteroatoms. The van der Waals surface area contributed by atoms with E-state index in [-0.39, 0.29) is 41.4 Å². The van der Waals surface area contributed by atoms with Crippen molar-refractivity contribution in [3.8, 4) is 11.3 Å². The zero-order chi connectivity index (χ0) is 17.7. The summed E-state index contributed by atoms with van der Waals surface area (Å²) >= 11 is 0. The Hall–Kier alpha value is -3.23. The lowest BCUT2D eigenvalue weighted by atomic mass is 10.1. The van der Waals surface area contributed by atoms with Crippen LogP contribution < -0.4 is 0 Å². The Kier molecular flexibility index (Phi) is 5.25. The molecule has 0 saturated heterocycles. The fraction of sp³-hybridized carbons (Fsp3) is 0.267. The molecule has 24 heavy (non-hydrogen) atoms. The molecular weight excluding hydrogens is 318 g/mol. The van der Waals surface area contributed by atoms with Gasteiger partial charge in [-0.3, -0.25) is 15.1 Å². The zero-order valence-corrected chi connectivity index (χ0v) is 13.1. The van der Waals surface area contributed by atoms with Crippen molar-refractivity contribution in [1.82, 2.24) is 9.97 Å². The largest absolute Gasteiger partial charge is 0.462 e. The molecule has 2 rings (SSSR count). The number of nitro groups is 1. The SMILES string of the molecule is CCOC(=O)c1cc([N+](=O)[O-])c(-c2cnccc2C(=O)OCC)[nH]1. The molecule has 2 aromatic heterocycles. The summed E-state index contributed by atoms with van der Waals surface area (Å²) in [5, 5.41) is 11.3.